The molecule has 0 saturated carbocycles. The molecular weight excluding hydrogens is 480 g/mol. The molecule has 2 aromatic carbocycles. The maximum Gasteiger partial charge on any atom is 0.416 e. The van der Waals surface area contributed by atoms with E-state index >= 15 is 0 Å². The Morgan fingerprint density at radius 2 is 1.84 bits per heavy atom. The van der Waals surface area contributed by atoms with E-state index in [1.54, 1.807) is 23.9 Å². The zero-order chi connectivity index (χ0) is 23.3. The number of hydrogen-bond acceptors (Lipinski definition) is 3. The second kappa shape index (κ2) is 11.1. The fourth-order valence-corrected chi connectivity index (χ4v) is 5.05. The first-order chi connectivity index (χ1) is 15.2. The molecule has 2 aromatic rings. The molecule has 1 aliphatic rings. The summed E-state index contributed by atoms with van der Waals surface area (Å²) < 4.78 is 41.5. The molecule has 0 unspecified atom stereocenters. The molecule has 9 heteroatoms. The highest BCUT2D eigenvalue weighted by Gasteiger charge is 2.36. The van der Waals surface area contributed by atoms with Crippen molar-refractivity contribution >= 4 is 40.9 Å². The third-order valence-electron chi connectivity index (χ3n) is 5.36. The zero-order valence-electron chi connectivity index (χ0n) is 17.7. The van der Waals surface area contributed by atoms with Crippen LogP contribution in [0.1, 0.15) is 53.2 Å². The van der Waals surface area contributed by atoms with E-state index in [9.17, 15) is 18.0 Å². The molecule has 1 amide bonds. The minimum atomic E-state index is -4.61. The Bertz CT molecular complexity index is 963. The van der Waals surface area contributed by atoms with Gasteiger partial charge in [-0.1, -0.05) is 36.5 Å². The molecule has 1 heterocycles. The Balaban J connectivity index is 1.82. The average Bonchev–Trinajstić information content (AvgIpc) is 2.75. The van der Waals surface area contributed by atoms with Gasteiger partial charge in [0, 0.05) is 33.6 Å². The highest BCUT2D eigenvalue weighted by Crippen LogP contribution is 2.37. The monoisotopic (exact) mass is 504 g/mol. The molecule has 0 spiro atoms. The van der Waals surface area contributed by atoms with E-state index < -0.39 is 17.6 Å². The van der Waals surface area contributed by atoms with Crippen molar-refractivity contribution in [1.82, 2.24) is 10.2 Å². The summed E-state index contributed by atoms with van der Waals surface area (Å²) in [6.45, 7) is 3.76. The lowest BCUT2D eigenvalue weighted by molar-refractivity contribution is -0.138. The van der Waals surface area contributed by atoms with E-state index in [0.717, 1.165) is 54.6 Å². The minimum absolute atomic E-state index is 0.0223. The largest absolute Gasteiger partial charge is 0.416 e. The lowest BCUT2D eigenvalue weighted by Crippen LogP contribution is -2.30. The van der Waals surface area contributed by atoms with Crippen LogP contribution in [0.5, 0.6) is 0 Å². The van der Waals surface area contributed by atoms with Gasteiger partial charge < -0.3 is 5.32 Å². The van der Waals surface area contributed by atoms with Crippen molar-refractivity contribution in [3.05, 3.63) is 62.6 Å². The average molecular weight is 505 g/mol. The first kappa shape index (κ1) is 25.2. The van der Waals surface area contributed by atoms with E-state index in [4.69, 9.17) is 23.2 Å². The van der Waals surface area contributed by atoms with Crippen LogP contribution in [0.3, 0.4) is 0 Å². The quantitative estimate of drug-likeness (QED) is 0.410. The first-order valence-electron chi connectivity index (χ1n) is 10.5. The number of rotatable bonds is 7. The van der Waals surface area contributed by atoms with E-state index in [1.807, 2.05) is 17.9 Å². The van der Waals surface area contributed by atoms with Crippen LogP contribution in [0.4, 0.5) is 13.2 Å². The van der Waals surface area contributed by atoms with Gasteiger partial charge in [-0.3, -0.25) is 9.69 Å². The highest BCUT2D eigenvalue weighted by molar-refractivity contribution is 7.99. The van der Waals surface area contributed by atoms with Crippen molar-refractivity contribution in [2.24, 2.45) is 0 Å². The van der Waals surface area contributed by atoms with Gasteiger partial charge in [-0.15, -0.1) is 11.8 Å². The van der Waals surface area contributed by atoms with Crippen LogP contribution in [0.2, 0.25) is 10.0 Å². The number of halogens is 5. The van der Waals surface area contributed by atoms with Crippen molar-refractivity contribution in [3.63, 3.8) is 0 Å². The van der Waals surface area contributed by atoms with Gasteiger partial charge in [0.05, 0.1) is 5.56 Å². The summed E-state index contributed by atoms with van der Waals surface area (Å²) >= 11 is 14.0. The SMILES string of the molecule is CCSc1ccc(Cl)cc1CNC(=O)c1cc(Cl)c(CN2CCCCC2)c(C(F)(F)F)c1. The van der Waals surface area contributed by atoms with E-state index in [1.165, 1.54) is 6.07 Å². The topological polar surface area (TPSA) is 32.3 Å². The Morgan fingerprint density at radius 3 is 2.50 bits per heavy atom. The minimum Gasteiger partial charge on any atom is -0.348 e. The Hall–Kier alpha value is -1.41. The number of nitrogens with zero attached hydrogens (tertiary/aromatic N) is 1. The van der Waals surface area contributed by atoms with Crippen LogP contribution < -0.4 is 5.32 Å². The first-order valence-corrected chi connectivity index (χ1v) is 12.2. The summed E-state index contributed by atoms with van der Waals surface area (Å²) in [7, 11) is 0. The van der Waals surface area contributed by atoms with Crippen molar-refractivity contribution in [2.45, 2.75) is 50.3 Å². The molecule has 1 saturated heterocycles. The summed E-state index contributed by atoms with van der Waals surface area (Å²) in [5.41, 5.74) is -0.141. The van der Waals surface area contributed by atoms with Gasteiger partial charge in [0.15, 0.2) is 0 Å². The normalized spacial score (nSPS) is 15.1. The summed E-state index contributed by atoms with van der Waals surface area (Å²) in [5, 5.41) is 3.19. The molecule has 174 valence electrons. The number of hydrogen-bond donors (Lipinski definition) is 1. The van der Waals surface area contributed by atoms with Crippen LogP contribution in [-0.4, -0.2) is 29.6 Å². The van der Waals surface area contributed by atoms with Gasteiger partial charge in [0.1, 0.15) is 0 Å². The van der Waals surface area contributed by atoms with E-state index in [-0.39, 0.29) is 29.2 Å². The van der Waals surface area contributed by atoms with E-state index in [0.29, 0.717) is 5.02 Å². The lowest BCUT2D eigenvalue weighted by Gasteiger charge is -2.28. The van der Waals surface area contributed by atoms with Gasteiger partial charge in [-0.2, -0.15) is 13.2 Å². The van der Waals surface area contributed by atoms with Gasteiger partial charge in [-0.05, 0) is 73.1 Å². The van der Waals surface area contributed by atoms with Crippen molar-refractivity contribution in [2.75, 3.05) is 18.8 Å². The second-order valence-corrected chi connectivity index (χ2v) is 9.84. The van der Waals surface area contributed by atoms with Crippen LogP contribution in [0, 0.1) is 0 Å². The smallest absolute Gasteiger partial charge is 0.348 e. The molecule has 32 heavy (non-hydrogen) atoms. The summed E-state index contributed by atoms with van der Waals surface area (Å²) in [6.07, 6.45) is -1.61. The Labute approximate surface area is 200 Å². The maximum atomic E-state index is 13.8. The predicted molar refractivity (Wildman–Crippen MR) is 125 cm³/mol. The molecule has 0 bridgehead atoms. The van der Waals surface area contributed by atoms with Gasteiger partial charge in [-0.25, -0.2) is 0 Å². The fourth-order valence-electron chi connectivity index (χ4n) is 3.78. The molecular formula is C23H25Cl2F3N2OS. The molecule has 0 radical (unpaired) electrons. The van der Waals surface area contributed by atoms with Crippen molar-refractivity contribution in [1.29, 1.82) is 0 Å². The van der Waals surface area contributed by atoms with Crippen LogP contribution in [0.25, 0.3) is 0 Å². The molecule has 3 nitrogen and oxygen atoms in total. The standard InChI is InChI=1S/C23H25Cl2F3N2OS/c1-2-32-21-7-6-17(24)10-16(21)13-29-22(31)15-11-19(23(26,27)28)18(20(25)12-15)14-30-8-4-3-5-9-30/h6-7,10-12H,2-5,8-9,13-14H2,1H3,(H,29,31). The lowest BCUT2D eigenvalue weighted by atomic mass is 10.0. The van der Waals surface area contributed by atoms with Crippen LogP contribution in [-0.2, 0) is 19.3 Å². The number of carbonyl (C=O) groups is 1. The highest BCUT2D eigenvalue weighted by atomic mass is 35.5. The molecule has 0 aromatic heterocycles. The zero-order valence-corrected chi connectivity index (χ0v) is 20.0. The van der Waals surface area contributed by atoms with Gasteiger partial charge in [0.25, 0.3) is 5.91 Å². The molecule has 1 fully saturated rings. The van der Waals surface area contributed by atoms with Gasteiger partial charge in [0.2, 0.25) is 0 Å². The van der Waals surface area contributed by atoms with Gasteiger partial charge >= 0.3 is 6.18 Å². The molecule has 3 rings (SSSR count). The number of thioether (sulfide) groups is 1. The molecule has 0 aliphatic carbocycles. The molecule has 1 N–H and O–H groups in total. The third kappa shape index (κ3) is 6.56. The van der Waals surface area contributed by atoms with E-state index in [2.05, 4.69) is 5.32 Å². The number of piperidine rings is 1. The predicted octanol–water partition coefficient (Wildman–Crippen LogP) is 7.04. The molecule has 1 aliphatic heterocycles. The summed E-state index contributed by atoms with van der Waals surface area (Å²) in [4.78, 5) is 15.7. The van der Waals surface area contributed by atoms with Crippen LogP contribution >= 0.6 is 35.0 Å². The van der Waals surface area contributed by atoms with Crippen molar-refractivity contribution < 1.29 is 18.0 Å². The van der Waals surface area contributed by atoms with Crippen molar-refractivity contribution in [3.8, 4) is 0 Å². The number of amides is 1. The Morgan fingerprint density at radius 1 is 1.12 bits per heavy atom. The maximum absolute atomic E-state index is 13.8. The number of alkyl halides is 3. The number of likely N-dealkylation sites (tertiary alicyclic amines) is 1. The number of benzene rings is 2. The summed E-state index contributed by atoms with van der Waals surface area (Å²) in [6, 6.07) is 7.61. The fraction of sp³-hybridized carbons (Fsp3) is 0.435. The Kier molecular flexibility index (Phi) is 8.78. The molecule has 0 atom stereocenters. The number of carbonyl (C=O) groups excluding carboxylic acids is 1. The second-order valence-electron chi connectivity index (χ2n) is 7.69. The summed E-state index contributed by atoms with van der Waals surface area (Å²) in [5.74, 6) is 0.223. The number of nitrogens with one attached hydrogen (secondary N) is 1. The van der Waals surface area contributed by atoms with Crippen LogP contribution in [0.15, 0.2) is 35.2 Å². The third-order valence-corrected chi connectivity index (χ3v) is 6.93.